The summed E-state index contributed by atoms with van der Waals surface area (Å²) in [7, 11) is 0. The van der Waals surface area contributed by atoms with Gasteiger partial charge in [-0.2, -0.15) is 0 Å². The van der Waals surface area contributed by atoms with Crippen molar-refractivity contribution in [2.75, 3.05) is 5.32 Å². The van der Waals surface area contributed by atoms with Crippen molar-refractivity contribution in [3.05, 3.63) is 22.8 Å². The molecule has 0 radical (unpaired) electrons. The SMILES string of the molecule is Brc1ccc(NC2CCCCC2)nc1. The molecule has 76 valence electrons. The van der Waals surface area contributed by atoms with Crippen LogP contribution in [-0.2, 0) is 0 Å². The molecule has 1 fully saturated rings. The Labute approximate surface area is 93.3 Å². The zero-order valence-electron chi connectivity index (χ0n) is 8.17. The summed E-state index contributed by atoms with van der Waals surface area (Å²) in [5.41, 5.74) is 0. The molecule has 0 amide bonds. The molecule has 2 rings (SSSR count). The quantitative estimate of drug-likeness (QED) is 0.873. The van der Waals surface area contributed by atoms with Crippen LogP contribution in [0.25, 0.3) is 0 Å². The monoisotopic (exact) mass is 254 g/mol. The molecule has 0 spiro atoms. The van der Waals surface area contributed by atoms with Crippen LogP contribution < -0.4 is 5.32 Å². The molecule has 1 saturated carbocycles. The van der Waals surface area contributed by atoms with E-state index in [1.165, 1.54) is 32.1 Å². The van der Waals surface area contributed by atoms with Crippen molar-refractivity contribution in [1.82, 2.24) is 4.98 Å². The van der Waals surface area contributed by atoms with E-state index in [1.54, 1.807) is 0 Å². The number of hydrogen-bond acceptors (Lipinski definition) is 2. The Kier molecular flexibility index (Phi) is 3.40. The summed E-state index contributed by atoms with van der Waals surface area (Å²) in [5, 5.41) is 3.48. The summed E-state index contributed by atoms with van der Waals surface area (Å²) in [4.78, 5) is 4.31. The maximum atomic E-state index is 4.31. The number of halogens is 1. The largest absolute Gasteiger partial charge is 0.367 e. The lowest BCUT2D eigenvalue weighted by Crippen LogP contribution is -2.22. The molecule has 1 heterocycles. The Morgan fingerprint density at radius 3 is 2.64 bits per heavy atom. The van der Waals surface area contributed by atoms with Crippen LogP contribution in [0.1, 0.15) is 32.1 Å². The van der Waals surface area contributed by atoms with Crippen LogP contribution in [-0.4, -0.2) is 11.0 Å². The molecule has 0 bridgehead atoms. The van der Waals surface area contributed by atoms with Gasteiger partial charge in [0.05, 0.1) is 0 Å². The van der Waals surface area contributed by atoms with Crippen LogP contribution >= 0.6 is 15.9 Å². The summed E-state index contributed by atoms with van der Waals surface area (Å²) in [6, 6.07) is 4.69. The third-order valence-corrected chi connectivity index (χ3v) is 3.15. The molecular weight excluding hydrogens is 240 g/mol. The zero-order chi connectivity index (χ0) is 9.80. The highest BCUT2D eigenvalue weighted by atomic mass is 79.9. The molecule has 2 nitrogen and oxygen atoms in total. The van der Waals surface area contributed by atoms with Crippen molar-refractivity contribution < 1.29 is 0 Å². The predicted molar refractivity (Wildman–Crippen MR) is 62.4 cm³/mol. The Morgan fingerprint density at radius 1 is 1.21 bits per heavy atom. The van der Waals surface area contributed by atoms with E-state index in [0.29, 0.717) is 6.04 Å². The predicted octanol–water partition coefficient (Wildman–Crippen LogP) is 3.59. The summed E-state index contributed by atoms with van der Waals surface area (Å²) in [5.74, 6) is 1.00. The van der Waals surface area contributed by atoms with Gasteiger partial charge in [-0.1, -0.05) is 19.3 Å². The molecule has 1 aliphatic carbocycles. The number of nitrogens with zero attached hydrogens (tertiary/aromatic N) is 1. The Hall–Kier alpha value is -0.570. The highest BCUT2D eigenvalue weighted by molar-refractivity contribution is 9.10. The van der Waals surface area contributed by atoms with Crippen LogP contribution in [0.15, 0.2) is 22.8 Å². The first kappa shape index (κ1) is 9.97. The molecule has 1 aromatic heterocycles. The number of hydrogen-bond donors (Lipinski definition) is 1. The third kappa shape index (κ3) is 2.71. The molecule has 1 N–H and O–H groups in total. The minimum absolute atomic E-state index is 0.637. The van der Waals surface area contributed by atoms with Gasteiger partial charge in [0.25, 0.3) is 0 Å². The van der Waals surface area contributed by atoms with Crippen LogP contribution in [0, 0.1) is 0 Å². The first-order valence-electron chi connectivity index (χ1n) is 5.23. The van der Waals surface area contributed by atoms with E-state index in [0.717, 1.165) is 10.3 Å². The second-order valence-electron chi connectivity index (χ2n) is 3.84. The lowest BCUT2D eigenvalue weighted by atomic mass is 9.95. The average Bonchev–Trinajstić information content (AvgIpc) is 2.23. The van der Waals surface area contributed by atoms with E-state index < -0.39 is 0 Å². The first-order chi connectivity index (χ1) is 6.84. The van der Waals surface area contributed by atoms with Crippen LogP contribution in [0.4, 0.5) is 5.82 Å². The molecule has 0 aliphatic heterocycles. The van der Waals surface area contributed by atoms with Crippen LogP contribution in [0.3, 0.4) is 0 Å². The number of pyridine rings is 1. The van der Waals surface area contributed by atoms with Crippen LogP contribution in [0.2, 0.25) is 0 Å². The minimum Gasteiger partial charge on any atom is -0.367 e. The summed E-state index contributed by atoms with van der Waals surface area (Å²) in [6.07, 6.45) is 8.52. The van der Waals surface area contributed by atoms with Gasteiger partial charge in [0, 0.05) is 16.7 Å². The molecule has 14 heavy (non-hydrogen) atoms. The molecule has 0 atom stereocenters. The van der Waals surface area contributed by atoms with E-state index in [4.69, 9.17) is 0 Å². The summed E-state index contributed by atoms with van der Waals surface area (Å²) in [6.45, 7) is 0. The van der Waals surface area contributed by atoms with E-state index in [9.17, 15) is 0 Å². The fourth-order valence-electron chi connectivity index (χ4n) is 1.92. The number of rotatable bonds is 2. The van der Waals surface area contributed by atoms with E-state index >= 15 is 0 Å². The van der Waals surface area contributed by atoms with Gasteiger partial charge < -0.3 is 5.32 Å². The van der Waals surface area contributed by atoms with Gasteiger partial charge >= 0.3 is 0 Å². The second kappa shape index (κ2) is 4.78. The van der Waals surface area contributed by atoms with Gasteiger partial charge in [-0.3, -0.25) is 0 Å². The average molecular weight is 255 g/mol. The third-order valence-electron chi connectivity index (χ3n) is 2.68. The second-order valence-corrected chi connectivity index (χ2v) is 4.76. The van der Waals surface area contributed by atoms with Crippen molar-refractivity contribution in [3.8, 4) is 0 Å². The maximum Gasteiger partial charge on any atom is 0.126 e. The van der Waals surface area contributed by atoms with Gasteiger partial charge in [0.1, 0.15) is 5.82 Å². The fourth-order valence-corrected chi connectivity index (χ4v) is 2.15. The van der Waals surface area contributed by atoms with Crippen molar-refractivity contribution in [2.24, 2.45) is 0 Å². The normalized spacial score (nSPS) is 18.1. The molecule has 0 unspecified atom stereocenters. The molecule has 0 saturated heterocycles. The Morgan fingerprint density at radius 2 is 2.00 bits per heavy atom. The smallest absolute Gasteiger partial charge is 0.126 e. The molecule has 1 aliphatic rings. The maximum absolute atomic E-state index is 4.31. The highest BCUT2D eigenvalue weighted by Gasteiger charge is 2.12. The minimum atomic E-state index is 0.637. The highest BCUT2D eigenvalue weighted by Crippen LogP contribution is 2.21. The standard InChI is InChI=1S/C11H15BrN2/c12-9-6-7-11(13-8-9)14-10-4-2-1-3-5-10/h6-8,10H,1-5H2,(H,13,14). The van der Waals surface area contributed by atoms with Crippen molar-refractivity contribution in [1.29, 1.82) is 0 Å². The number of nitrogens with one attached hydrogen (secondary N) is 1. The Bertz CT molecular complexity index is 278. The summed E-state index contributed by atoms with van der Waals surface area (Å²) >= 11 is 3.38. The lowest BCUT2D eigenvalue weighted by molar-refractivity contribution is 0.462. The van der Waals surface area contributed by atoms with Gasteiger partial charge in [-0.15, -0.1) is 0 Å². The Balaban J connectivity index is 1.92. The lowest BCUT2D eigenvalue weighted by Gasteiger charge is -2.23. The number of aromatic nitrogens is 1. The zero-order valence-corrected chi connectivity index (χ0v) is 9.76. The van der Waals surface area contributed by atoms with Crippen molar-refractivity contribution in [2.45, 2.75) is 38.1 Å². The molecule has 1 aromatic rings. The fraction of sp³-hybridized carbons (Fsp3) is 0.545. The van der Waals surface area contributed by atoms with Crippen LogP contribution in [0.5, 0.6) is 0 Å². The van der Waals surface area contributed by atoms with E-state index in [2.05, 4.69) is 26.2 Å². The topological polar surface area (TPSA) is 24.9 Å². The van der Waals surface area contributed by atoms with E-state index in [1.807, 2.05) is 18.3 Å². The molecule has 3 heteroatoms. The van der Waals surface area contributed by atoms with Gasteiger partial charge in [-0.05, 0) is 40.9 Å². The van der Waals surface area contributed by atoms with Crippen molar-refractivity contribution in [3.63, 3.8) is 0 Å². The first-order valence-corrected chi connectivity index (χ1v) is 6.02. The summed E-state index contributed by atoms with van der Waals surface area (Å²) < 4.78 is 1.03. The van der Waals surface area contributed by atoms with Gasteiger partial charge in [0.2, 0.25) is 0 Å². The number of anilines is 1. The van der Waals surface area contributed by atoms with Gasteiger partial charge in [0.15, 0.2) is 0 Å². The van der Waals surface area contributed by atoms with E-state index in [-0.39, 0.29) is 0 Å². The molecule has 0 aromatic carbocycles. The van der Waals surface area contributed by atoms with Gasteiger partial charge in [-0.25, -0.2) is 4.98 Å². The van der Waals surface area contributed by atoms with Crippen molar-refractivity contribution >= 4 is 21.7 Å². The molecular formula is C11H15BrN2.